The van der Waals surface area contributed by atoms with Gasteiger partial charge in [0.05, 0.1) is 16.5 Å². The fraction of sp³-hybridized carbons (Fsp3) is 0.143. The van der Waals surface area contributed by atoms with Gasteiger partial charge in [-0.15, -0.1) is 11.3 Å². The maximum Gasteiger partial charge on any atom is 0.341 e. The number of amides is 1. The Morgan fingerprint density at radius 2 is 1.76 bits per heavy atom. The number of carbonyl (C=O) groups is 2. The normalized spacial score (nSPS) is 10.5. The summed E-state index contributed by atoms with van der Waals surface area (Å²) in [5.41, 5.74) is 0.519. The molecule has 3 rings (SSSR count). The summed E-state index contributed by atoms with van der Waals surface area (Å²) < 4.78 is 5.16. The maximum absolute atomic E-state index is 12.8. The molecule has 0 bridgehead atoms. The van der Waals surface area contributed by atoms with Gasteiger partial charge >= 0.3 is 5.97 Å². The molecule has 0 saturated heterocycles. The first-order chi connectivity index (χ1) is 15.6. The van der Waals surface area contributed by atoms with Gasteiger partial charge in [-0.2, -0.15) is 0 Å². The number of ether oxygens (including phenoxy) is 1. The van der Waals surface area contributed by atoms with E-state index in [9.17, 15) is 29.8 Å². The molecule has 2 aromatic carbocycles. The van der Waals surface area contributed by atoms with Gasteiger partial charge < -0.3 is 10.1 Å². The Kier molecular flexibility index (Phi) is 7.04. The molecule has 0 unspecified atom stereocenters. The van der Waals surface area contributed by atoms with Crippen LogP contribution in [0.25, 0.3) is 11.1 Å². The number of carbonyl (C=O) groups excluding carboxylic acids is 2. The molecule has 0 saturated carbocycles. The highest BCUT2D eigenvalue weighted by Gasteiger charge is 2.26. The minimum absolute atomic E-state index is 0.0242. The summed E-state index contributed by atoms with van der Waals surface area (Å²) in [5, 5.41) is 24.8. The molecular weight excluding hydrogens is 474 g/mol. The molecule has 1 heterocycles. The molecule has 12 heteroatoms. The lowest BCUT2D eigenvalue weighted by Crippen LogP contribution is -2.15. The number of hydrogen-bond acceptors (Lipinski definition) is 8. The SMILES string of the molecule is CCOC(=O)c1c(NC(=O)c2ccc(Cl)c([N+](=O)[O-])c2)sc(C)c1-c1ccc([N+](=O)[O-])cc1. The summed E-state index contributed by atoms with van der Waals surface area (Å²) in [6.45, 7) is 3.45. The van der Waals surface area contributed by atoms with Crippen molar-refractivity contribution in [2.75, 3.05) is 11.9 Å². The summed E-state index contributed by atoms with van der Waals surface area (Å²) in [6, 6.07) is 9.24. The van der Waals surface area contributed by atoms with Crippen LogP contribution in [-0.2, 0) is 4.74 Å². The van der Waals surface area contributed by atoms with Crippen LogP contribution in [0, 0.1) is 27.2 Å². The van der Waals surface area contributed by atoms with Gasteiger partial charge in [-0.05, 0) is 43.7 Å². The Hall–Kier alpha value is -3.83. The lowest BCUT2D eigenvalue weighted by Gasteiger charge is -2.09. The zero-order valence-corrected chi connectivity index (χ0v) is 18.9. The second-order valence-corrected chi connectivity index (χ2v) is 8.27. The topological polar surface area (TPSA) is 142 Å². The zero-order chi connectivity index (χ0) is 24.3. The highest BCUT2D eigenvalue weighted by molar-refractivity contribution is 7.17. The number of anilines is 1. The second kappa shape index (κ2) is 9.76. The van der Waals surface area contributed by atoms with Crippen molar-refractivity contribution in [3.8, 4) is 11.1 Å². The van der Waals surface area contributed by atoms with Gasteiger partial charge in [-0.1, -0.05) is 11.6 Å². The van der Waals surface area contributed by atoms with E-state index in [1.54, 1.807) is 13.8 Å². The molecule has 0 fully saturated rings. The second-order valence-electron chi connectivity index (χ2n) is 6.64. The van der Waals surface area contributed by atoms with Crippen LogP contribution >= 0.6 is 22.9 Å². The maximum atomic E-state index is 12.8. The van der Waals surface area contributed by atoms with Gasteiger partial charge in [0.25, 0.3) is 17.3 Å². The molecule has 0 aliphatic rings. The van der Waals surface area contributed by atoms with Crippen molar-refractivity contribution in [3.63, 3.8) is 0 Å². The van der Waals surface area contributed by atoms with E-state index in [0.717, 1.165) is 17.4 Å². The van der Waals surface area contributed by atoms with Crippen LogP contribution < -0.4 is 5.32 Å². The zero-order valence-electron chi connectivity index (χ0n) is 17.3. The quantitative estimate of drug-likeness (QED) is 0.257. The Bertz CT molecular complexity index is 1270. The molecule has 10 nitrogen and oxygen atoms in total. The van der Waals surface area contributed by atoms with Crippen LogP contribution in [0.1, 0.15) is 32.5 Å². The van der Waals surface area contributed by atoms with Crippen LogP contribution in [0.15, 0.2) is 42.5 Å². The number of rotatable bonds is 7. The van der Waals surface area contributed by atoms with Gasteiger partial charge in [0.1, 0.15) is 15.6 Å². The molecule has 0 aliphatic heterocycles. The molecule has 1 aromatic heterocycles. The van der Waals surface area contributed by atoms with Crippen LogP contribution in [0.5, 0.6) is 0 Å². The standard InChI is InChI=1S/C21H16ClN3O7S/c1-3-32-21(27)18-17(12-4-7-14(8-5-12)24(28)29)11(2)33-20(18)23-19(26)13-6-9-15(22)16(10-13)25(30)31/h4-10H,3H2,1-2H3,(H,23,26). The Morgan fingerprint density at radius 1 is 1.09 bits per heavy atom. The lowest BCUT2D eigenvalue weighted by molar-refractivity contribution is -0.385. The summed E-state index contributed by atoms with van der Waals surface area (Å²) in [6.07, 6.45) is 0. The minimum atomic E-state index is -0.703. The third kappa shape index (κ3) is 4.99. The number of nitro benzene ring substituents is 2. The lowest BCUT2D eigenvalue weighted by atomic mass is 10.0. The fourth-order valence-electron chi connectivity index (χ4n) is 3.10. The monoisotopic (exact) mass is 489 g/mol. The number of nitrogens with zero attached hydrogens (tertiary/aromatic N) is 2. The van der Waals surface area contributed by atoms with Crippen LogP contribution in [-0.4, -0.2) is 28.3 Å². The van der Waals surface area contributed by atoms with Crippen molar-refractivity contribution in [1.29, 1.82) is 0 Å². The third-order valence-electron chi connectivity index (χ3n) is 4.56. The number of aryl methyl sites for hydroxylation is 1. The van der Waals surface area contributed by atoms with E-state index in [-0.39, 0.29) is 33.4 Å². The Morgan fingerprint density at radius 3 is 2.33 bits per heavy atom. The molecule has 1 amide bonds. The van der Waals surface area contributed by atoms with Gasteiger partial charge in [0.15, 0.2) is 0 Å². The van der Waals surface area contributed by atoms with Crippen molar-refractivity contribution >= 4 is 51.2 Å². The average molecular weight is 490 g/mol. The Labute approximate surface area is 196 Å². The van der Waals surface area contributed by atoms with Crippen molar-refractivity contribution in [1.82, 2.24) is 0 Å². The van der Waals surface area contributed by atoms with Crippen molar-refractivity contribution < 1.29 is 24.2 Å². The smallest absolute Gasteiger partial charge is 0.341 e. The average Bonchev–Trinajstić information content (AvgIpc) is 3.09. The highest BCUT2D eigenvalue weighted by Crippen LogP contribution is 2.41. The van der Waals surface area contributed by atoms with Crippen molar-refractivity contribution in [2.24, 2.45) is 0 Å². The predicted molar refractivity (Wildman–Crippen MR) is 123 cm³/mol. The highest BCUT2D eigenvalue weighted by atomic mass is 35.5. The van der Waals surface area contributed by atoms with Crippen molar-refractivity contribution in [2.45, 2.75) is 13.8 Å². The molecule has 0 spiro atoms. The molecule has 0 atom stereocenters. The van der Waals surface area contributed by atoms with E-state index in [0.29, 0.717) is 16.0 Å². The number of non-ortho nitro benzene ring substituents is 1. The number of halogens is 1. The number of benzene rings is 2. The molecule has 3 aromatic rings. The van der Waals surface area contributed by atoms with Gasteiger partial charge in [0.2, 0.25) is 0 Å². The summed E-state index contributed by atoms with van der Waals surface area (Å²) in [7, 11) is 0. The third-order valence-corrected chi connectivity index (χ3v) is 5.90. The van der Waals surface area contributed by atoms with E-state index < -0.39 is 27.4 Å². The van der Waals surface area contributed by atoms with Crippen molar-refractivity contribution in [3.05, 3.63) is 83.7 Å². The molecule has 33 heavy (non-hydrogen) atoms. The van der Waals surface area contributed by atoms with Crippen LogP contribution in [0.4, 0.5) is 16.4 Å². The molecule has 0 radical (unpaired) electrons. The number of thiophene rings is 1. The van der Waals surface area contributed by atoms with Crippen LogP contribution in [0.2, 0.25) is 5.02 Å². The first kappa shape index (κ1) is 23.8. The first-order valence-electron chi connectivity index (χ1n) is 9.44. The van der Waals surface area contributed by atoms with E-state index in [2.05, 4.69) is 5.32 Å². The van der Waals surface area contributed by atoms with Gasteiger partial charge in [0, 0.05) is 34.2 Å². The number of esters is 1. The predicted octanol–water partition coefficient (Wildman–Crippen LogP) is 5.62. The van der Waals surface area contributed by atoms with Gasteiger partial charge in [-0.25, -0.2) is 4.79 Å². The summed E-state index contributed by atoms with van der Waals surface area (Å²) >= 11 is 6.92. The number of nitro groups is 2. The number of hydrogen-bond donors (Lipinski definition) is 1. The van der Waals surface area contributed by atoms with E-state index in [4.69, 9.17) is 16.3 Å². The van der Waals surface area contributed by atoms with Gasteiger partial charge in [-0.3, -0.25) is 25.0 Å². The minimum Gasteiger partial charge on any atom is -0.462 e. The van der Waals surface area contributed by atoms with E-state index >= 15 is 0 Å². The van der Waals surface area contributed by atoms with E-state index in [1.165, 1.54) is 36.4 Å². The molecule has 1 N–H and O–H groups in total. The van der Waals surface area contributed by atoms with E-state index in [1.807, 2.05) is 0 Å². The molecule has 0 aliphatic carbocycles. The summed E-state index contributed by atoms with van der Waals surface area (Å²) in [4.78, 5) is 47.1. The number of nitrogens with one attached hydrogen (secondary N) is 1. The largest absolute Gasteiger partial charge is 0.462 e. The summed E-state index contributed by atoms with van der Waals surface area (Å²) in [5.74, 6) is -1.37. The van der Waals surface area contributed by atoms with Crippen LogP contribution in [0.3, 0.4) is 0 Å². The molecular formula is C21H16ClN3O7S. The first-order valence-corrected chi connectivity index (χ1v) is 10.6. The Balaban J connectivity index is 2.05. The fourth-order valence-corrected chi connectivity index (χ4v) is 4.34. The molecule has 170 valence electrons.